The largest absolute Gasteiger partial charge is 0.422 e. The average molecular weight is 534 g/mol. The van der Waals surface area contributed by atoms with Crippen LogP contribution in [0, 0.1) is 28.6 Å². The molecule has 2 N–H and O–H groups in total. The molecule has 1 fully saturated rings. The van der Waals surface area contributed by atoms with Crippen LogP contribution in [-0.4, -0.2) is 53.4 Å². The number of hydrogen-bond acceptors (Lipinski definition) is 7. The molecule has 5 rings (SSSR count). The van der Waals surface area contributed by atoms with Crippen molar-refractivity contribution in [2.75, 3.05) is 26.3 Å². The van der Waals surface area contributed by atoms with Crippen LogP contribution >= 0.6 is 11.6 Å². The normalized spacial score (nSPS) is 19.0. The van der Waals surface area contributed by atoms with Gasteiger partial charge in [-0.1, -0.05) is 49.7 Å². The van der Waals surface area contributed by atoms with Gasteiger partial charge in [0.15, 0.2) is 0 Å². The Morgan fingerprint density at radius 2 is 2.00 bits per heavy atom. The number of aromatic amines is 1. The van der Waals surface area contributed by atoms with Gasteiger partial charge in [-0.15, -0.1) is 5.10 Å². The molecule has 2 aromatic carbocycles. The maximum Gasteiger partial charge on any atom is 0.415 e. The van der Waals surface area contributed by atoms with E-state index in [0.717, 1.165) is 12.0 Å². The summed E-state index contributed by atoms with van der Waals surface area (Å²) in [7, 11) is 0. The van der Waals surface area contributed by atoms with Gasteiger partial charge in [-0.25, -0.2) is 4.79 Å². The van der Waals surface area contributed by atoms with E-state index in [9.17, 15) is 10.1 Å². The number of aromatic nitrogens is 2. The summed E-state index contributed by atoms with van der Waals surface area (Å²) in [6.45, 7) is 6.07. The number of rotatable bonds is 5. The first kappa shape index (κ1) is 25.8. The summed E-state index contributed by atoms with van der Waals surface area (Å²) in [6.07, 6.45) is 0.446. The van der Waals surface area contributed by atoms with Crippen molar-refractivity contribution < 1.29 is 19.0 Å². The van der Waals surface area contributed by atoms with Gasteiger partial charge in [0.2, 0.25) is 11.8 Å². The minimum atomic E-state index is -0.988. The van der Waals surface area contributed by atoms with Gasteiger partial charge in [-0.05, 0) is 41.7 Å². The van der Waals surface area contributed by atoms with Crippen molar-refractivity contribution in [1.29, 1.82) is 10.7 Å². The molecule has 2 aliphatic heterocycles. The summed E-state index contributed by atoms with van der Waals surface area (Å²) >= 11 is 6.41. The number of hydrogen-bond donors (Lipinski definition) is 2. The average Bonchev–Trinajstić information content (AvgIpc) is 3.32. The van der Waals surface area contributed by atoms with Gasteiger partial charge in [0.1, 0.15) is 11.7 Å². The van der Waals surface area contributed by atoms with Gasteiger partial charge in [-0.3, -0.25) is 10.5 Å². The highest BCUT2D eigenvalue weighted by Gasteiger charge is 2.42. The lowest BCUT2D eigenvalue weighted by molar-refractivity contribution is 0.0415. The van der Waals surface area contributed by atoms with Crippen LogP contribution in [0.2, 0.25) is 5.02 Å². The predicted octanol–water partition coefficient (Wildman–Crippen LogP) is 5.40. The molecule has 1 aromatic heterocycles. The quantitative estimate of drug-likeness (QED) is 0.452. The molecule has 2 atom stereocenters. The number of nitrogens with one attached hydrogen (secondary N) is 2. The lowest BCUT2D eigenvalue weighted by Gasteiger charge is -2.30. The molecule has 2 aliphatic rings. The topological polar surface area (TPSA) is 124 Å². The molecule has 196 valence electrons. The molecule has 10 heteroatoms. The van der Waals surface area contributed by atoms with E-state index < -0.39 is 17.9 Å². The zero-order valence-corrected chi connectivity index (χ0v) is 21.9. The van der Waals surface area contributed by atoms with Crippen LogP contribution in [0.3, 0.4) is 0 Å². The Labute approximate surface area is 225 Å². The van der Waals surface area contributed by atoms with E-state index in [1.807, 2.05) is 12.1 Å². The summed E-state index contributed by atoms with van der Waals surface area (Å²) in [5.41, 5.74) is 3.85. The van der Waals surface area contributed by atoms with Gasteiger partial charge in [0, 0.05) is 29.6 Å². The van der Waals surface area contributed by atoms with Crippen molar-refractivity contribution >= 4 is 23.6 Å². The van der Waals surface area contributed by atoms with Crippen LogP contribution < -0.4 is 9.47 Å². The van der Waals surface area contributed by atoms with Crippen molar-refractivity contribution in [3.05, 3.63) is 64.2 Å². The molecular weight excluding hydrogens is 506 g/mol. The highest BCUT2D eigenvalue weighted by molar-refractivity contribution is 6.30. The zero-order chi connectivity index (χ0) is 26.8. The summed E-state index contributed by atoms with van der Waals surface area (Å²) in [4.78, 5) is 14.5. The number of nitriles is 1. The molecule has 3 heterocycles. The molecule has 1 amide bonds. The summed E-state index contributed by atoms with van der Waals surface area (Å²) in [5.74, 6) is -0.942. The Morgan fingerprint density at radius 1 is 1.26 bits per heavy atom. The molecule has 3 aromatic rings. The van der Waals surface area contributed by atoms with E-state index in [0.29, 0.717) is 54.1 Å². The number of benzene rings is 2. The highest BCUT2D eigenvalue weighted by atomic mass is 35.5. The molecule has 1 saturated heterocycles. The minimum absolute atomic E-state index is 0.207. The molecule has 0 aliphatic carbocycles. The first-order chi connectivity index (χ1) is 18.4. The summed E-state index contributed by atoms with van der Waals surface area (Å²) in [5, 5.41) is 26.3. The molecule has 0 saturated carbocycles. The van der Waals surface area contributed by atoms with Crippen LogP contribution in [0.5, 0.6) is 11.6 Å². The maximum atomic E-state index is 13.0. The molecule has 2 unspecified atom stereocenters. The molecule has 38 heavy (non-hydrogen) atoms. The van der Waals surface area contributed by atoms with Crippen LogP contribution in [0.1, 0.15) is 36.5 Å². The van der Waals surface area contributed by atoms with Gasteiger partial charge >= 0.3 is 6.09 Å². The van der Waals surface area contributed by atoms with E-state index in [4.69, 9.17) is 31.2 Å². The molecule has 0 spiro atoms. The predicted molar refractivity (Wildman–Crippen MR) is 142 cm³/mol. The zero-order valence-electron chi connectivity index (χ0n) is 21.2. The molecule has 0 bridgehead atoms. The monoisotopic (exact) mass is 533 g/mol. The first-order valence-corrected chi connectivity index (χ1v) is 12.9. The number of ether oxygens (including phenoxy) is 3. The second kappa shape index (κ2) is 10.9. The fourth-order valence-electron chi connectivity index (χ4n) is 4.91. The number of halogens is 1. The third-order valence-corrected chi connectivity index (χ3v) is 6.94. The van der Waals surface area contributed by atoms with Gasteiger partial charge in [0.05, 0.1) is 30.5 Å². The van der Waals surface area contributed by atoms with E-state index in [1.54, 1.807) is 23.1 Å². The first-order valence-electron chi connectivity index (χ1n) is 12.5. The van der Waals surface area contributed by atoms with Crippen LogP contribution in [0.25, 0.3) is 11.3 Å². The van der Waals surface area contributed by atoms with Crippen molar-refractivity contribution in [3.63, 3.8) is 0 Å². The SMILES string of the molecule is CC(C)Cc1ccc(-c2[nH]nc3c2C(c2cc(Cl)ccc2OC(=O)N2CCOCC2)C(C#N)C(=N)O3)cc1. The lowest BCUT2D eigenvalue weighted by atomic mass is 9.78. The van der Waals surface area contributed by atoms with E-state index in [2.05, 4.69) is 42.2 Å². The Balaban J connectivity index is 1.58. The smallest absolute Gasteiger partial charge is 0.415 e. The number of morpholine rings is 1. The standard InChI is InChI=1S/C28H28ClN5O4/c1-16(2)13-17-3-5-18(6-4-17)25-24-23(21(15-30)26(31)38-27(24)33-32-25)20-14-19(29)7-8-22(20)37-28(35)34-9-11-36-12-10-34/h3-8,14,16,21,23,31H,9-13H2,1-2H3,(H,32,33). The highest BCUT2D eigenvalue weighted by Crippen LogP contribution is 2.48. The summed E-state index contributed by atoms with van der Waals surface area (Å²) < 4.78 is 16.8. The van der Waals surface area contributed by atoms with Crippen molar-refractivity contribution in [2.24, 2.45) is 11.8 Å². The van der Waals surface area contributed by atoms with Crippen LogP contribution in [-0.2, 0) is 11.2 Å². The van der Waals surface area contributed by atoms with Crippen molar-refractivity contribution in [3.8, 4) is 29.0 Å². The van der Waals surface area contributed by atoms with E-state index in [1.165, 1.54) is 5.56 Å². The van der Waals surface area contributed by atoms with Crippen LogP contribution in [0.15, 0.2) is 42.5 Å². The Bertz CT molecular complexity index is 1390. The number of nitrogens with zero attached hydrogens (tertiary/aromatic N) is 3. The van der Waals surface area contributed by atoms with Crippen LogP contribution in [0.4, 0.5) is 4.79 Å². The minimum Gasteiger partial charge on any atom is -0.422 e. The fraction of sp³-hybridized carbons (Fsp3) is 0.357. The molecule has 0 radical (unpaired) electrons. The Hall–Kier alpha value is -3.87. The third-order valence-electron chi connectivity index (χ3n) is 6.70. The lowest BCUT2D eigenvalue weighted by Crippen LogP contribution is -2.42. The van der Waals surface area contributed by atoms with E-state index in [-0.39, 0.29) is 17.5 Å². The maximum absolute atomic E-state index is 13.0. The summed E-state index contributed by atoms with van der Waals surface area (Å²) in [6, 6.07) is 15.3. The molecule has 9 nitrogen and oxygen atoms in total. The number of fused-ring (bicyclic) bond motifs is 1. The Morgan fingerprint density at radius 3 is 2.68 bits per heavy atom. The number of carbonyl (C=O) groups excluding carboxylic acids is 1. The van der Waals surface area contributed by atoms with Gasteiger partial charge in [-0.2, -0.15) is 5.26 Å². The number of carbonyl (C=O) groups is 1. The second-order valence-corrected chi connectivity index (χ2v) is 10.2. The fourth-order valence-corrected chi connectivity index (χ4v) is 5.09. The number of amides is 1. The second-order valence-electron chi connectivity index (χ2n) is 9.81. The van der Waals surface area contributed by atoms with Gasteiger partial charge in [0.25, 0.3) is 0 Å². The van der Waals surface area contributed by atoms with Crippen molar-refractivity contribution in [1.82, 2.24) is 15.1 Å². The number of H-pyrrole nitrogens is 1. The van der Waals surface area contributed by atoms with Gasteiger partial charge < -0.3 is 19.1 Å². The molecular formula is C28H28ClN5O4. The van der Waals surface area contributed by atoms with E-state index >= 15 is 0 Å². The Kier molecular flexibility index (Phi) is 7.36. The van der Waals surface area contributed by atoms with Crippen molar-refractivity contribution in [2.45, 2.75) is 26.2 Å². The third kappa shape index (κ3) is 5.10.